The van der Waals surface area contributed by atoms with Crippen LogP contribution in [0.25, 0.3) is 0 Å². The summed E-state index contributed by atoms with van der Waals surface area (Å²) < 4.78 is 0. The third-order valence-electron chi connectivity index (χ3n) is 3.14. The lowest BCUT2D eigenvalue weighted by Gasteiger charge is -2.19. The number of amides is 1. The summed E-state index contributed by atoms with van der Waals surface area (Å²) in [5.74, 6) is 0.660. The van der Waals surface area contributed by atoms with E-state index in [0.717, 1.165) is 25.9 Å². The van der Waals surface area contributed by atoms with Crippen LogP contribution in [0.15, 0.2) is 12.4 Å². The molecule has 0 spiro atoms. The van der Waals surface area contributed by atoms with Crippen molar-refractivity contribution in [3.05, 3.63) is 23.2 Å². The first-order valence-corrected chi connectivity index (χ1v) is 6.31. The molecule has 1 aromatic rings. The largest absolute Gasteiger partial charge is 0.337 e. The summed E-state index contributed by atoms with van der Waals surface area (Å²) in [6.45, 7) is 3.86. The zero-order valence-electron chi connectivity index (χ0n) is 9.90. The number of aromatic nitrogens is 2. The van der Waals surface area contributed by atoms with Crippen LogP contribution in [0.3, 0.4) is 0 Å². The van der Waals surface area contributed by atoms with Gasteiger partial charge in [-0.25, -0.2) is 9.97 Å². The maximum Gasteiger partial charge on any atom is 0.274 e. The molecule has 1 saturated heterocycles. The maximum atomic E-state index is 12.2. The SMILES string of the molecule is CC1CCCN(C(=O)c2cnc(Cl)cn2)CC1. The normalized spacial score (nSPS) is 21.1. The Morgan fingerprint density at radius 1 is 1.35 bits per heavy atom. The van der Waals surface area contributed by atoms with Crippen molar-refractivity contribution in [3.8, 4) is 0 Å². The molecule has 1 aromatic heterocycles. The minimum Gasteiger partial charge on any atom is -0.337 e. The van der Waals surface area contributed by atoms with Crippen LogP contribution in [-0.2, 0) is 0 Å². The summed E-state index contributed by atoms with van der Waals surface area (Å²) in [6, 6.07) is 0. The average Bonchev–Trinajstić information content (AvgIpc) is 2.54. The van der Waals surface area contributed by atoms with Crippen LogP contribution in [0.1, 0.15) is 36.7 Å². The van der Waals surface area contributed by atoms with Crippen LogP contribution >= 0.6 is 11.6 Å². The lowest BCUT2D eigenvalue weighted by atomic mass is 10.0. The highest BCUT2D eigenvalue weighted by molar-refractivity contribution is 6.29. The second kappa shape index (κ2) is 5.45. The molecule has 5 heteroatoms. The van der Waals surface area contributed by atoms with Crippen molar-refractivity contribution in [1.29, 1.82) is 0 Å². The number of nitrogens with zero attached hydrogens (tertiary/aromatic N) is 3. The molecule has 0 radical (unpaired) electrons. The quantitative estimate of drug-likeness (QED) is 0.772. The number of hydrogen-bond acceptors (Lipinski definition) is 3. The third kappa shape index (κ3) is 3.16. The van der Waals surface area contributed by atoms with Crippen LogP contribution < -0.4 is 0 Å². The summed E-state index contributed by atoms with van der Waals surface area (Å²) in [4.78, 5) is 21.9. The summed E-state index contributed by atoms with van der Waals surface area (Å²) in [5.41, 5.74) is 0.379. The molecule has 17 heavy (non-hydrogen) atoms. The highest BCUT2D eigenvalue weighted by atomic mass is 35.5. The number of halogens is 1. The van der Waals surface area contributed by atoms with Crippen molar-refractivity contribution in [1.82, 2.24) is 14.9 Å². The van der Waals surface area contributed by atoms with E-state index in [9.17, 15) is 4.79 Å². The molecule has 1 fully saturated rings. The first-order valence-electron chi connectivity index (χ1n) is 5.93. The van der Waals surface area contributed by atoms with Crippen LogP contribution in [0.4, 0.5) is 0 Å². The molecule has 1 aliphatic rings. The van der Waals surface area contributed by atoms with Gasteiger partial charge in [-0.3, -0.25) is 4.79 Å². The van der Waals surface area contributed by atoms with Crippen molar-refractivity contribution < 1.29 is 4.79 Å². The minimum absolute atomic E-state index is 0.0386. The lowest BCUT2D eigenvalue weighted by molar-refractivity contribution is 0.0754. The number of carbonyl (C=O) groups excluding carboxylic acids is 1. The Kier molecular flexibility index (Phi) is 3.94. The monoisotopic (exact) mass is 253 g/mol. The highest BCUT2D eigenvalue weighted by Crippen LogP contribution is 2.17. The smallest absolute Gasteiger partial charge is 0.274 e. The van der Waals surface area contributed by atoms with Crippen molar-refractivity contribution in [3.63, 3.8) is 0 Å². The predicted molar refractivity (Wildman–Crippen MR) is 66.0 cm³/mol. The molecule has 4 nitrogen and oxygen atoms in total. The van der Waals surface area contributed by atoms with Gasteiger partial charge in [-0.2, -0.15) is 0 Å². The predicted octanol–water partition coefficient (Wildman–Crippen LogP) is 2.39. The van der Waals surface area contributed by atoms with Crippen molar-refractivity contribution in [2.45, 2.75) is 26.2 Å². The van der Waals surface area contributed by atoms with Gasteiger partial charge in [0.25, 0.3) is 5.91 Å². The molecular formula is C12H16ClN3O. The standard InChI is InChI=1S/C12H16ClN3O/c1-9-3-2-5-16(6-4-9)12(17)10-7-15-11(13)8-14-10/h7-9H,2-6H2,1H3. The van der Waals surface area contributed by atoms with Gasteiger partial charge in [0.05, 0.1) is 12.4 Å². The Hall–Kier alpha value is -1.16. The fraction of sp³-hybridized carbons (Fsp3) is 0.583. The van der Waals surface area contributed by atoms with Gasteiger partial charge in [-0.15, -0.1) is 0 Å². The van der Waals surface area contributed by atoms with Gasteiger partial charge in [0.1, 0.15) is 10.8 Å². The van der Waals surface area contributed by atoms with E-state index in [4.69, 9.17) is 11.6 Å². The Morgan fingerprint density at radius 2 is 2.18 bits per heavy atom. The molecule has 0 aromatic carbocycles. The molecule has 0 aliphatic carbocycles. The van der Waals surface area contributed by atoms with E-state index in [1.54, 1.807) is 0 Å². The first kappa shape index (κ1) is 12.3. The molecule has 92 valence electrons. The van der Waals surface area contributed by atoms with E-state index in [1.165, 1.54) is 18.8 Å². The van der Waals surface area contributed by atoms with E-state index in [-0.39, 0.29) is 5.91 Å². The van der Waals surface area contributed by atoms with E-state index in [2.05, 4.69) is 16.9 Å². The van der Waals surface area contributed by atoms with Gasteiger partial charge in [0.2, 0.25) is 0 Å². The zero-order chi connectivity index (χ0) is 12.3. The average molecular weight is 254 g/mol. The Balaban J connectivity index is 2.06. The second-order valence-electron chi connectivity index (χ2n) is 4.55. The van der Waals surface area contributed by atoms with Gasteiger partial charge in [0, 0.05) is 13.1 Å². The molecule has 2 heterocycles. The molecular weight excluding hydrogens is 238 g/mol. The number of likely N-dealkylation sites (tertiary alicyclic amines) is 1. The van der Waals surface area contributed by atoms with Crippen molar-refractivity contribution >= 4 is 17.5 Å². The first-order chi connectivity index (χ1) is 8.16. The number of rotatable bonds is 1. The molecule has 1 aliphatic heterocycles. The van der Waals surface area contributed by atoms with E-state index in [1.807, 2.05) is 4.90 Å². The van der Waals surface area contributed by atoms with Gasteiger partial charge in [-0.05, 0) is 25.2 Å². The molecule has 0 bridgehead atoms. The van der Waals surface area contributed by atoms with E-state index >= 15 is 0 Å². The van der Waals surface area contributed by atoms with Gasteiger partial charge >= 0.3 is 0 Å². The topological polar surface area (TPSA) is 46.1 Å². The summed E-state index contributed by atoms with van der Waals surface area (Å²) in [7, 11) is 0. The molecule has 2 rings (SSSR count). The Morgan fingerprint density at radius 3 is 2.88 bits per heavy atom. The molecule has 1 atom stereocenters. The number of carbonyl (C=O) groups is 1. The minimum atomic E-state index is -0.0386. The Bertz CT molecular complexity index is 393. The van der Waals surface area contributed by atoms with Gasteiger partial charge in [0.15, 0.2) is 0 Å². The fourth-order valence-electron chi connectivity index (χ4n) is 2.05. The summed E-state index contributed by atoms with van der Waals surface area (Å²) in [6.07, 6.45) is 6.17. The van der Waals surface area contributed by atoms with Crippen molar-refractivity contribution in [2.24, 2.45) is 5.92 Å². The fourth-order valence-corrected chi connectivity index (χ4v) is 2.15. The van der Waals surface area contributed by atoms with E-state index in [0.29, 0.717) is 16.8 Å². The highest BCUT2D eigenvalue weighted by Gasteiger charge is 2.20. The van der Waals surface area contributed by atoms with Crippen LogP contribution in [-0.4, -0.2) is 33.9 Å². The molecule has 0 N–H and O–H groups in total. The molecule has 0 saturated carbocycles. The van der Waals surface area contributed by atoms with Crippen LogP contribution in [0, 0.1) is 5.92 Å². The van der Waals surface area contributed by atoms with Gasteiger partial charge in [-0.1, -0.05) is 18.5 Å². The third-order valence-corrected chi connectivity index (χ3v) is 3.34. The molecule has 1 amide bonds. The van der Waals surface area contributed by atoms with Crippen LogP contribution in [0.5, 0.6) is 0 Å². The zero-order valence-corrected chi connectivity index (χ0v) is 10.7. The van der Waals surface area contributed by atoms with E-state index < -0.39 is 0 Å². The Labute approximate surface area is 106 Å². The maximum absolute atomic E-state index is 12.2. The number of hydrogen-bond donors (Lipinski definition) is 0. The summed E-state index contributed by atoms with van der Waals surface area (Å²) in [5, 5.41) is 0.311. The summed E-state index contributed by atoms with van der Waals surface area (Å²) >= 11 is 5.65. The van der Waals surface area contributed by atoms with Crippen LogP contribution in [0.2, 0.25) is 5.15 Å². The van der Waals surface area contributed by atoms with Gasteiger partial charge < -0.3 is 4.90 Å². The van der Waals surface area contributed by atoms with Crippen molar-refractivity contribution in [2.75, 3.05) is 13.1 Å². The molecule has 1 unspecified atom stereocenters. The second-order valence-corrected chi connectivity index (χ2v) is 4.94. The lowest BCUT2D eigenvalue weighted by Crippen LogP contribution is -2.32.